The fourth-order valence-corrected chi connectivity index (χ4v) is 2.54. The fourth-order valence-electron chi connectivity index (χ4n) is 2.36. The van der Waals surface area contributed by atoms with Gasteiger partial charge in [-0.1, -0.05) is 17.7 Å². The highest BCUT2D eigenvalue weighted by atomic mass is 35.5. The van der Waals surface area contributed by atoms with E-state index in [0.29, 0.717) is 10.6 Å². The molecule has 0 aliphatic carbocycles. The standard InChI is InChI=1S/C14H16ClN3O3/c1-4-7-18-12(10-8-9(15)5-6-11(10)19)16(2)13(20)17(3)14(18)21/h4-6,8,12,19H,1,7H2,2-3H3. The van der Waals surface area contributed by atoms with Crippen molar-refractivity contribution in [1.82, 2.24) is 14.7 Å². The van der Waals surface area contributed by atoms with E-state index >= 15 is 0 Å². The van der Waals surface area contributed by atoms with Crippen molar-refractivity contribution < 1.29 is 14.7 Å². The van der Waals surface area contributed by atoms with Gasteiger partial charge in [-0.05, 0) is 18.2 Å². The maximum absolute atomic E-state index is 12.3. The van der Waals surface area contributed by atoms with Crippen LogP contribution in [0.15, 0.2) is 30.9 Å². The van der Waals surface area contributed by atoms with Crippen LogP contribution >= 0.6 is 11.6 Å². The van der Waals surface area contributed by atoms with Gasteiger partial charge in [0.1, 0.15) is 11.9 Å². The van der Waals surface area contributed by atoms with E-state index in [2.05, 4.69) is 6.58 Å². The molecule has 1 N–H and O–H groups in total. The number of halogens is 1. The molecule has 6 nitrogen and oxygen atoms in total. The number of imide groups is 1. The van der Waals surface area contributed by atoms with E-state index in [1.165, 1.54) is 29.0 Å². The summed E-state index contributed by atoms with van der Waals surface area (Å²) in [5.74, 6) is -0.0320. The highest BCUT2D eigenvalue weighted by Gasteiger charge is 2.41. The Morgan fingerprint density at radius 3 is 2.62 bits per heavy atom. The van der Waals surface area contributed by atoms with E-state index < -0.39 is 18.2 Å². The summed E-state index contributed by atoms with van der Waals surface area (Å²) in [5, 5.41) is 10.5. The molecule has 2 rings (SSSR count). The average Bonchev–Trinajstić information content (AvgIpc) is 2.46. The highest BCUT2D eigenvalue weighted by Crippen LogP contribution is 2.36. The Morgan fingerprint density at radius 1 is 1.33 bits per heavy atom. The van der Waals surface area contributed by atoms with E-state index in [1.54, 1.807) is 19.2 Å². The number of amides is 4. The smallest absolute Gasteiger partial charge is 0.330 e. The molecule has 21 heavy (non-hydrogen) atoms. The molecule has 1 aromatic rings. The number of phenols is 1. The molecule has 1 saturated heterocycles. The lowest BCUT2D eigenvalue weighted by molar-refractivity contribution is 0.0519. The summed E-state index contributed by atoms with van der Waals surface area (Å²) in [6, 6.07) is 3.61. The summed E-state index contributed by atoms with van der Waals surface area (Å²) in [4.78, 5) is 28.2. The molecular formula is C14H16ClN3O3. The van der Waals surface area contributed by atoms with Crippen molar-refractivity contribution in [3.63, 3.8) is 0 Å². The maximum Gasteiger partial charge on any atom is 0.330 e. The highest BCUT2D eigenvalue weighted by molar-refractivity contribution is 6.30. The first-order chi connectivity index (χ1) is 9.88. The van der Waals surface area contributed by atoms with E-state index in [0.717, 1.165) is 4.90 Å². The van der Waals surface area contributed by atoms with E-state index in [1.807, 2.05) is 0 Å². The molecule has 0 spiro atoms. The second-order valence-corrected chi connectivity index (χ2v) is 5.19. The van der Waals surface area contributed by atoms with Gasteiger partial charge in [-0.15, -0.1) is 6.58 Å². The number of phenolic OH excluding ortho intramolecular Hbond substituents is 1. The third-order valence-electron chi connectivity index (χ3n) is 3.38. The minimum Gasteiger partial charge on any atom is -0.508 e. The van der Waals surface area contributed by atoms with Crippen molar-refractivity contribution in [3.05, 3.63) is 41.4 Å². The Balaban J connectivity index is 2.55. The summed E-state index contributed by atoms with van der Waals surface area (Å²) in [7, 11) is 2.97. The molecule has 1 aliphatic heterocycles. The molecule has 1 fully saturated rings. The van der Waals surface area contributed by atoms with Crippen molar-refractivity contribution in [2.24, 2.45) is 0 Å². The minimum atomic E-state index is -0.738. The molecular weight excluding hydrogens is 294 g/mol. The normalized spacial score (nSPS) is 19.2. The van der Waals surface area contributed by atoms with Crippen LogP contribution in [0.5, 0.6) is 5.75 Å². The topological polar surface area (TPSA) is 64.1 Å². The quantitative estimate of drug-likeness (QED) is 0.873. The molecule has 112 valence electrons. The predicted octanol–water partition coefficient (Wildman–Crippen LogP) is 2.65. The monoisotopic (exact) mass is 309 g/mol. The molecule has 1 atom stereocenters. The summed E-state index contributed by atoms with van der Waals surface area (Å²) >= 11 is 5.96. The fraction of sp³-hybridized carbons (Fsp3) is 0.286. The maximum atomic E-state index is 12.3. The number of benzene rings is 1. The van der Waals surface area contributed by atoms with Gasteiger partial charge in [0.2, 0.25) is 0 Å². The van der Waals surface area contributed by atoms with Crippen molar-refractivity contribution in [2.75, 3.05) is 20.6 Å². The van der Waals surface area contributed by atoms with Gasteiger partial charge in [0.25, 0.3) is 0 Å². The number of nitrogens with zero attached hydrogens (tertiary/aromatic N) is 3. The first-order valence-corrected chi connectivity index (χ1v) is 6.66. The van der Waals surface area contributed by atoms with Crippen LogP contribution < -0.4 is 0 Å². The third-order valence-corrected chi connectivity index (χ3v) is 3.61. The molecule has 1 heterocycles. The van der Waals surface area contributed by atoms with Crippen molar-refractivity contribution >= 4 is 23.7 Å². The number of urea groups is 2. The molecule has 1 aliphatic rings. The lowest BCUT2D eigenvalue weighted by atomic mass is 10.1. The first-order valence-electron chi connectivity index (χ1n) is 6.29. The Kier molecular flexibility index (Phi) is 4.09. The van der Waals surface area contributed by atoms with Crippen molar-refractivity contribution in [1.29, 1.82) is 0 Å². The van der Waals surface area contributed by atoms with Crippen LogP contribution in [0.3, 0.4) is 0 Å². The predicted molar refractivity (Wildman–Crippen MR) is 79.1 cm³/mol. The minimum absolute atomic E-state index is 0.0320. The van der Waals surface area contributed by atoms with Crippen molar-refractivity contribution in [3.8, 4) is 5.75 Å². The number of carbonyl (C=O) groups excluding carboxylic acids is 2. The van der Waals surface area contributed by atoms with Gasteiger partial charge in [0.15, 0.2) is 0 Å². The van der Waals surface area contributed by atoms with Crippen LogP contribution in [0.4, 0.5) is 9.59 Å². The van der Waals surface area contributed by atoms with Gasteiger partial charge >= 0.3 is 12.1 Å². The Hall–Kier alpha value is -2.21. The van der Waals surface area contributed by atoms with Crippen LogP contribution in [-0.2, 0) is 0 Å². The van der Waals surface area contributed by atoms with Gasteiger partial charge in [-0.25, -0.2) is 14.5 Å². The van der Waals surface area contributed by atoms with Crippen LogP contribution in [0.25, 0.3) is 0 Å². The number of hydrogen-bond donors (Lipinski definition) is 1. The Bertz CT molecular complexity index is 605. The molecule has 0 radical (unpaired) electrons. The van der Waals surface area contributed by atoms with Gasteiger partial charge in [0, 0.05) is 31.2 Å². The molecule has 0 bridgehead atoms. The van der Waals surface area contributed by atoms with E-state index in [4.69, 9.17) is 11.6 Å². The van der Waals surface area contributed by atoms with Crippen LogP contribution in [0.2, 0.25) is 5.02 Å². The van der Waals surface area contributed by atoms with Crippen molar-refractivity contribution in [2.45, 2.75) is 6.17 Å². The number of carbonyl (C=O) groups is 2. The summed E-state index contributed by atoms with van der Waals surface area (Å²) in [6.45, 7) is 3.86. The first kappa shape index (κ1) is 15.2. The number of aromatic hydroxyl groups is 1. The number of hydrogen-bond acceptors (Lipinski definition) is 3. The summed E-state index contributed by atoms with van der Waals surface area (Å²) < 4.78 is 0. The van der Waals surface area contributed by atoms with Gasteiger partial charge < -0.3 is 10.0 Å². The largest absolute Gasteiger partial charge is 0.508 e. The third kappa shape index (κ3) is 2.54. The molecule has 1 unspecified atom stereocenters. The molecule has 7 heteroatoms. The van der Waals surface area contributed by atoms with Gasteiger partial charge in [-0.3, -0.25) is 4.90 Å². The summed E-state index contributed by atoms with van der Waals surface area (Å²) in [6.07, 6.45) is 0.821. The van der Waals surface area contributed by atoms with Crippen LogP contribution in [0.1, 0.15) is 11.7 Å². The summed E-state index contributed by atoms with van der Waals surface area (Å²) in [5.41, 5.74) is 0.390. The van der Waals surface area contributed by atoms with Gasteiger partial charge in [-0.2, -0.15) is 0 Å². The Morgan fingerprint density at radius 2 is 2.00 bits per heavy atom. The molecule has 0 saturated carbocycles. The average molecular weight is 310 g/mol. The second kappa shape index (κ2) is 5.65. The van der Waals surface area contributed by atoms with Crippen LogP contribution in [0, 0.1) is 0 Å². The molecule has 4 amide bonds. The molecule has 0 aromatic heterocycles. The SMILES string of the molecule is C=CCN1C(=O)N(C)C(=O)N(C)C1c1cc(Cl)ccc1O. The zero-order valence-corrected chi connectivity index (χ0v) is 12.5. The zero-order chi connectivity index (χ0) is 15.7. The Labute approximate surface area is 127 Å². The van der Waals surface area contributed by atoms with E-state index in [-0.39, 0.29) is 12.3 Å². The van der Waals surface area contributed by atoms with Gasteiger partial charge in [0.05, 0.1) is 0 Å². The zero-order valence-electron chi connectivity index (χ0n) is 11.8. The lowest BCUT2D eigenvalue weighted by Crippen LogP contribution is -2.59. The number of rotatable bonds is 3. The van der Waals surface area contributed by atoms with Crippen LogP contribution in [-0.4, -0.2) is 52.5 Å². The second-order valence-electron chi connectivity index (χ2n) is 4.75. The molecule has 1 aromatic carbocycles. The lowest BCUT2D eigenvalue weighted by Gasteiger charge is -2.44. The van der Waals surface area contributed by atoms with E-state index in [9.17, 15) is 14.7 Å².